The van der Waals surface area contributed by atoms with Crippen LogP contribution in [0.4, 0.5) is 11.4 Å². The first kappa shape index (κ1) is 14.0. The number of benzene rings is 1. The van der Waals surface area contributed by atoms with E-state index in [9.17, 15) is 8.42 Å². The molecule has 2 rings (SSSR count). The predicted octanol–water partition coefficient (Wildman–Crippen LogP) is 1.20. The highest BCUT2D eigenvalue weighted by molar-refractivity contribution is 7.93. The van der Waals surface area contributed by atoms with E-state index < -0.39 is 15.3 Å². The summed E-state index contributed by atoms with van der Waals surface area (Å²) in [6, 6.07) is 4.82. The number of hydrogen-bond acceptors (Lipinski definition) is 5. The van der Waals surface area contributed by atoms with Crippen molar-refractivity contribution in [1.29, 1.82) is 0 Å². The molecule has 1 aliphatic rings. The van der Waals surface area contributed by atoms with E-state index in [-0.39, 0.29) is 0 Å². The molecule has 3 N–H and O–H groups in total. The van der Waals surface area contributed by atoms with Gasteiger partial charge in [0.25, 0.3) is 0 Å². The average Bonchev–Trinajstić information content (AvgIpc) is 2.41. The van der Waals surface area contributed by atoms with Gasteiger partial charge in [0.2, 0.25) is 10.0 Å². The van der Waals surface area contributed by atoms with Crippen LogP contribution < -0.4 is 15.2 Å². The summed E-state index contributed by atoms with van der Waals surface area (Å²) in [4.78, 5) is 0. The van der Waals surface area contributed by atoms with Crippen LogP contribution >= 0.6 is 0 Å². The van der Waals surface area contributed by atoms with Gasteiger partial charge in [0.05, 0.1) is 18.0 Å². The summed E-state index contributed by atoms with van der Waals surface area (Å²) in [5, 5.41) is -0.427. The zero-order chi connectivity index (χ0) is 13.9. The van der Waals surface area contributed by atoms with Crippen LogP contribution in [0, 0.1) is 0 Å². The van der Waals surface area contributed by atoms with Crippen LogP contribution in [0.5, 0.6) is 5.75 Å². The second-order valence-corrected chi connectivity index (χ2v) is 6.38. The molecular weight excluding hydrogens is 268 g/mol. The van der Waals surface area contributed by atoms with Crippen molar-refractivity contribution >= 4 is 21.4 Å². The first-order valence-corrected chi connectivity index (χ1v) is 7.60. The number of nitrogen functional groups attached to an aromatic ring is 1. The molecule has 0 saturated carbocycles. The Labute approximate surface area is 112 Å². The number of rotatable bonds is 4. The first-order chi connectivity index (χ1) is 9.03. The van der Waals surface area contributed by atoms with Crippen molar-refractivity contribution in [2.24, 2.45) is 0 Å². The van der Waals surface area contributed by atoms with Crippen molar-refractivity contribution in [3.05, 3.63) is 18.2 Å². The lowest BCUT2D eigenvalue weighted by molar-refractivity contribution is 0.0984. The second kappa shape index (κ2) is 5.66. The van der Waals surface area contributed by atoms with Gasteiger partial charge in [-0.05, 0) is 25.0 Å². The summed E-state index contributed by atoms with van der Waals surface area (Å²) in [5.41, 5.74) is 6.56. The molecule has 0 atom stereocenters. The SMILES string of the molecule is COc1cc(N)ccc1NS(=O)(=O)C1CCOCC1. The van der Waals surface area contributed by atoms with Crippen molar-refractivity contribution in [3.63, 3.8) is 0 Å². The molecule has 1 fully saturated rings. The number of nitrogens with two attached hydrogens (primary N) is 1. The van der Waals surface area contributed by atoms with Crippen LogP contribution in [-0.2, 0) is 14.8 Å². The van der Waals surface area contributed by atoms with E-state index in [2.05, 4.69) is 4.72 Å². The normalized spacial score (nSPS) is 17.1. The van der Waals surface area contributed by atoms with Crippen LogP contribution in [0.25, 0.3) is 0 Å². The highest BCUT2D eigenvalue weighted by Gasteiger charge is 2.28. The largest absolute Gasteiger partial charge is 0.494 e. The van der Waals surface area contributed by atoms with Gasteiger partial charge in [-0.3, -0.25) is 4.72 Å². The lowest BCUT2D eigenvalue weighted by atomic mass is 10.2. The van der Waals surface area contributed by atoms with E-state index in [4.69, 9.17) is 15.2 Å². The minimum absolute atomic E-state index is 0.406. The highest BCUT2D eigenvalue weighted by atomic mass is 32.2. The molecule has 1 heterocycles. The monoisotopic (exact) mass is 286 g/mol. The molecule has 106 valence electrons. The van der Waals surface area contributed by atoms with E-state index >= 15 is 0 Å². The summed E-state index contributed by atoms with van der Waals surface area (Å²) in [6.07, 6.45) is 1.01. The Balaban J connectivity index is 2.19. The summed E-state index contributed by atoms with van der Waals surface area (Å²) >= 11 is 0. The molecule has 0 unspecified atom stereocenters. The van der Waals surface area contributed by atoms with Gasteiger partial charge in [-0.2, -0.15) is 0 Å². The smallest absolute Gasteiger partial charge is 0.235 e. The van der Waals surface area contributed by atoms with Gasteiger partial charge in [-0.15, -0.1) is 0 Å². The predicted molar refractivity (Wildman–Crippen MR) is 73.8 cm³/mol. The summed E-state index contributed by atoms with van der Waals surface area (Å²) in [6.45, 7) is 0.953. The van der Waals surface area contributed by atoms with Crippen LogP contribution in [-0.4, -0.2) is 34.0 Å². The molecule has 1 aliphatic heterocycles. The number of sulfonamides is 1. The molecule has 19 heavy (non-hydrogen) atoms. The first-order valence-electron chi connectivity index (χ1n) is 6.06. The van der Waals surface area contributed by atoms with Crippen molar-refractivity contribution in [1.82, 2.24) is 0 Å². The van der Waals surface area contributed by atoms with Gasteiger partial charge < -0.3 is 15.2 Å². The van der Waals surface area contributed by atoms with Crippen LogP contribution in [0.1, 0.15) is 12.8 Å². The zero-order valence-corrected chi connectivity index (χ0v) is 11.6. The maximum Gasteiger partial charge on any atom is 0.235 e. The lowest BCUT2D eigenvalue weighted by Gasteiger charge is -2.23. The van der Waals surface area contributed by atoms with E-state index in [1.165, 1.54) is 7.11 Å². The van der Waals surface area contributed by atoms with E-state index in [0.717, 1.165) is 0 Å². The fourth-order valence-electron chi connectivity index (χ4n) is 2.01. The molecule has 0 aliphatic carbocycles. The molecular formula is C12H18N2O4S. The van der Waals surface area contributed by atoms with Crippen LogP contribution in [0.2, 0.25) is 0 Å². The van der Waals surface area contributed by atoms with Crippen molar-refractivity contribution in [3.8, 4) is 5.75 Å². The number of hydrogen-bond donors (Lipinski definition) is 2. The molecule has 0 spiro atoms. The average molecular weight is 286 g/mol. The number of nitrogens with one attached hydrogen (secondary N) is 1. The van der Waals surface area contributed by atoms with Gasteiger partial charge in [-0.1, -0.05) is 0 Å². The molecule has 0 bridgehead atoms. The zero-order valence-electron chi connectivity index (χ0n) is 10.8. The fraction of sp³-hybridized carbons (Fsp3) is 0.500. The topological polar surface area (TPSA) is 90.6 Å². The molecule has 1 aromatic rings. The van der Waals surface area contributed by atoms with E-state index in [0.29, 0.717) is 43.2 Å². The minimum atomic E-state index is -3.43. The Morgan fingerprint density at radius 2 is 2.05 bits per heavy atom. The van der Waals surface area contributed by atoms with Gasteiger partial charge in [0.1, 0.15) is 5.75 Å². The third kappa shape index (κ3) is 3.30. The standard InChI is InChI=1S/C12H18N2O4S/c1-17-12-8-9(13)2-3-11(12)14-19(15,16)10-4-6-18-7-5-10/h2-3,8,10,14H,4-7,13H2,1H3. The number of methoxy groups -OCH3 is 1. The fourth-order valence-corrected chi connectivity index (χ4v) is 3.47. The summed E-state index contributed by atoms with van der Waals surface area (Å²) in [5.74, 6) is 0.413. The molecule has 0 aromatic heterocycles. The van der Waals surface area contributed by atoms with Crippen molar-refractivity contribution < 1.29 is 17.9 Å². The number of anilines is 2. The molecule has 0 amide bonds. The maximum absolute atomic E-state index is 12.3. The third-order valence-electron chi connectivity index (χ3n) is 3.08. The second-order valence-electron chi connectivity index (χ2n) is 4.42. The summed E-state index contributed by atoms with van der Waals surface area (Å²) in [7, 11) is -1.96. The lowest BCUT2D eigenvalue weighted by Crippen LogP contribution is -2.33. The Morgan fingerprint density at radius 3 is 2.68 bits per heavy atom. The Kier molecular flexibility index (Phi) is 4.16. The highest BCUT2D eigenvalue weighted by Crippen LogP contribution is 2.29. The van der Waals surface area contributed by atoms with Gasteiger partial charge in [-0.25, -0.2) is 8.42 Å². The van der Waals surface area contributed by atoms with Crippen LogP contribution in [0.3, 0.4) is 0 Å². The Morgan fingerprint density at radius 1 is 1.37 bits per heavy atom. The molecule has 0 radical (unpaired) electrons. The molecule has 6 nitrogen and oxygen atoms in total. The van der Waals surface area contributed by atoms with Crippen LogP contribution in [0.15, 0.2) is 18.2 Å². The molecule has 1 aromatic carbocycles. The van der Waals surface area contributed by atoms with Gasteiger partial charge in [0, 0.05) is 25.0 Å². The third-order valence-corrected chi connectivity index (χ3v) is 4.94. The maximum atomic E-state index is 12.3. The van der Waals surface area contributed by atoms with Crippen molar-refractivity contribution in [2.45, 2.75) is 18.1 Å². The minimum Gasteiger partial charge on any atom is -0.494 e. The van der Waals surface area contributed by atoms with E-state index in [1.807, 2.05) is 0 Å². The molecule has 7 heteroatoms. The Bertz CT molecular complexity index is 539. The van der Waals surface area contributed by atoms with Gasteiger partial charge in [0.15, 0.2) is 0 Å². The molecule has 1 saturated heterocycles. The number of ether oxygens (including phenoxy) is 2. The summed E-state index contributed by atoms with van der Waals surface area (Å²) < 4.78 is 37.4. The van der Waals surface area contributed by atoms with E-state index in [1.54, 1.807) is 18.2 Å². The van der Waals surface area contributed by atoms with Crippen molar-refractivity contribution in [2.75, 3.05) is 30.8 Å². The Hall–Kier alpha value is -1.47. The van der Waals surface area contributed by atoms with Gasteiger partial charge >= 0.3 is 0 Å². The quantitative estimate of drug-likeness (QED) is 0.812.